The van der Waals surface area contributed by atoms with Crippen LogP contribution in [0.2, 0.25) is 0 Å². The largest absolute Gasteiger partial charge is 0.310 e. The third-order valence-electron chi connectivity index (χ3n) is 4.72. The van der Waals surface area contributed by atoms with E-state index in [2.05, 4.69) is 67.1 Å². The summed E-state index contributed by atoms with van der Waals surface area (Å²) >= 11 is 3.67. The Labute approximate surface area is 139 Å². The van der Waals surface area contributed by atoms with Crippen LogP contribution in [0.5, 0.6) is 0 Å². The molecule has 0 aromatic heterocycles. The van der Waals surface area contributed by atoms with E-state index < -0.39 is 0 Å². The van der Waals surface area contributed by atoms with Gasteiger partial charge in [0, 0.05) is 10.5 Å². The molecule has 0 saturated heterocycles. The van der Waals surface area contributed by atoms with Gasteiger partial charge in [0.05, 0.1) is 0 Å². The first-order valence-electron chi connectivity index (χ1n) is 8.50. The highest BCUT2D eigenvalue weighted by Crippen LogP contribution is 2.40. The summed E-state index contributed by atoms with van der Waals surface area (Å²) in [7, 11) is 0. The van der Waals surface area contributed by atoms with Crippen molar-refractivity contribution >= 4 is 15.9 Å². The van der Waals surface area contributed by atoms with Crippen LogP contribution in [0.25, 0.3) is 0 Å². The summed E-state index contributed by atoms with van der Waals surface area (Å²) in [4.78, 5) is 0. The van der Waals surface area contributed by atoms with Gasteiger partial charge < -0.3 is 5.32 Å². The van der Waals surface area contributed by atoms with Gasteiger partial charge in [-0.2, -0.15) is 0 Å². The average molecular weight is 352 g/mol. The molecule has 3 atom stereocenters. The Hall–Kier alpha value is -0.340. The molecule has 0 spiro atoms. The summed E-state index contributed by atoms with van der Waals surface area (Å²) in [6, 6.07) is 7.38. The fourth-order valence-electron chi connectivity index (χ4n) is 4.08. The number of halogens is 1. The summed E-state index contributed by atoms with van der Waals surface area (Å²) < 4.78 is 1.21. The van der Waals surface area contributed by atoms with Crippen LogP contribution >= 0.6 is 15.9 Å². The summed E-state index contributed by atoms with van der Waals surface area (Å²) in [5, 5.41) is 3.83. The Kier molecular flexibility index (Phi) is 6.31. The van der Waals surface area contributed by atoms with Gasteiger partial charge in [-0.05, 0) is 80.2 Å². The highest BCUT2D eigenvalue weighted by Gasteiger charge is 2.30. The number of rotatable bonds is 5. The first-order valence-corrected chi connectivity index (χ1v) is 9.29. The van der Waals surface area contributed by atoms with Gasteiger partial charge in [0.15, 0.2) is 0 Å². The second-order valence-corrected chi connectivity index (χ2v) is 8.09. The summed E-state index contributed by atoms with van der Waals surface area (Å²) in [6.07, 6.45) is 5.31. The molecule has 0 amide bonds. The number of nitrogens with one attached hydrogen (secondary N) is 1. The molecular formula is C19H30BrN. The lowest BCUT2D eigenvalue weighted by molar-refractivity contribution is 0.176. The van der Waals surface area contributed by atoms with Crippen LogP contribution in [0.1, 0.15) is 63.6 Å². The molecule has 1 aromatic rings. The van der Waals surface area contributed by atoms with Gasteiger partial charge >= 0.3 is 0 Å². The molecule has 3 unspecified atom stereocenters. The maximum Gasteiger partial charge on any atom is 0.0349 e. The van der Waals surface area contributed by atoms with Gasteiger partial charge in [-0.15, -0.1) is 0 Å². The third kappa shape index (κ3) is 4.82. The van der Waals surface area contributed by atoms with E-state index in [0.717, 1.165) is 24.3 Å². The van der Waals surface area contributed by atoms with Crippen LogP contribution in [0.3, 0.4) is 0 Å². The second kappa shape index (κ2) is 7.78. The monoisotopic (exact) mass is 351 g/mol. The predicted octanol–water partition coefficient (Wildman–Crippen LogP) is 5.87. The van der Waals surface area contributed by atoms with Crippen molar-refractivity contribution in [2.75, 3.05) is 6.54 Å². The molecule has 1 nitrogen and oxygen atoms in total. The van der Waals surface area contributed by atoms with Gasteiger partial charge in [-0.3, -0.25) is 0 Å². The van der Waals surface area contributed by atoms with Gasteiger partial charge in [-0.25, -0.2) is 0 Å². The molecule has 1 aliphatic carbocycles. The van der Waals surface area contributed by atoms with Crippen molar-refractivity contribution in [1.29, 1.82) is 0 Å². The van der Waals surface area contributed by atoms with Crippen LogP contribution < -0.4 is 5.32 Å². The van der Waals surface area contributed by atoms with E-state index in [1.807, 2.05) is 0 Å². The average Bonchev–Trinajstić information content (AvgIpc) is 2.37. The maximum absolute atomic E-state index is 3.83. The molecule has 21 heavy (non-hydrogen) atoms. The van der Waals surface area contributed by atoms with Crippen molar-refractivity contribution < 1.29 is 0 Å². The van der Waals surface area contributed by atoms with Crippen LogP contribution in [0.4, 0.5) is 0 Å². The summed E-state index contributed by atoms with van der Waals surface area (Å²) in [5.74, 6) is 2.49. The number of benzene rings is 1. The first-order chi connectivity index (χ1) is 9.99. The summed E-state index contributed by atoms with van der Waals surface area (Å²) in [6.45, 7) is 10.4. The van der Waals surface area contributed by atoms with Crippen LogP contribution in [-0.2, 0) is 0 Å². The molecular weight excluding hydrogens is 322 g/mol. The van der Waals surface area contributed by atoms with Crippen LogP contribution in [-0.4, -0.2) is 6.54 Å². The fourth-order valence-corrected chi connectivity index (χ4v) is 4.71. The summed E-state index contributed by atoms with van der Waals surface area (Å²) in [5.41, 5.74) is 2.81. The molecule has 0 heterocycles. The molecule has 118 valence electrons. The lowest BCUT2D eigenvalue weighted by atomic mass is 9.72. The van der Waals surface area contributed by atoms with E-state index in [4.69, 9.17) is 0 Å². The van der Waals surface area contributed by atoms with E-state index in [9.17, 15) is 0 Å². The van der Waals surface area contributed by atoms with E-state index in [-0.39, 0.29) is 0 Å². The molecule has 0 bridgehead atoms. The molecule has 0 radical (unpaired) electrons. The number of hydrogen-bond donors (Lipinski definition) is 1. The number of hydrogen-bond acceptors (Lipinski definition) is 1. The zero-order chi connectivity index (χ0) is 15.4. The van der Waals surface area contributed by atoms with Crippen molar-refractivity contribution in [3.63, 3.8) is 0 Å². The highest BCUT2D eigenvalue weighted by molar-refractivity contribution is 9.10. The van der Waals surface area contributed by atoms with Crippen molar-refractivity contribution in [2.24, 2.45) is 17.8 Å². The van der Waals surface area contributed by atoms with Gasteiger partial charge in [0.1, 0.15) is 0 Å². The third-order valence-corrected chi connectivity index (χ3v) is 5.18. The minimum atomic E-state index is 0.506. The molecule has 1 N–H and O–H groups in total. The molecule has 0 aliphatic heterocycles. The molecule has 1 fully saturated rings. The van der Waals surface area contributed by atoms with E-state index in [0.29, 0.717) is 6.04 Å². The minimum Gasteiger partial charge on any atom is -0.310 e. The van der Waals surface area contributed by atoms with Crippen molar-refractivity contribution in [3.05, 3.63) is 33.8 Å². The number of aryl methyl sites for hydroxylation is 1. The van der Waals surface area contributed by atoms with Crippen LogP contribution in [0, 0.1) is 24.7 Å². The van der Waals surface area contributed by atoms with Crippen molar-refractivity contribution in [3.8, 4) is 0 Å². The van der Waals surface area contributed by atoms with Gasteiger partial charge in [-0.1, -0.05) is 42.8 Å². The maximum atomic E-state index is 3.83. The molecule has 1 aromatic carbocycles. The minimum absolute atomic E-state index is 0.506. The highest BCUT2D eigenvalue weighted by atomic mass is 79.9. The van der Waals surface area contributed by atoms with Gasteiger partial charge in [0.25, 0.3) is 0 Å². The van der Waals surface area contributed by atoms with Crippen LogP contribution in [0.15, 0.2) is 22.7 Å². The Morgan fingerprint density at radius 3 is 2.38 bits per heavy atom. The Balaban J connectivity index is 2.24. The second-order valence-electron chi connectivity index (χ2n) is 7.17. The topological polar surface area (TPSA) is 12.0 Å². The van der Waals surface area contributed by atoms with Crippen molar-refractivity contribution in [1.82, 2.24) is 5.32 Å². The standard InChI is InChI=1S/C19H30BrN/c1-5-6-21-19(16-8-13(2)7-14(3)9-16)17-10-15(4)11-18(20)12-17/h10-14,16,19,21H,5-9H2,1-4H3. The molecule has 2 rings (SSSR count). The fraction of sp³-hybridized carbons (Fsp3) is 0.684. The lowest BCUT2D eigenvalue weighted by Gasteiger charge is -2.37. The Morgan fingerprint density at radius 2 is 1.81 bits per heavy atom. The smallest absolute Gasteiger partial charge is 0.0349 e. The zero-order valence-corrected chi connectivity index (χ0v) is 15.5. The van der Waals surface area contributed by atoms with Gasteiger partial charge in [0.2, 0.25) is 0 Å². The van der Waals surface area contributed by atoms with Crippen molar-refractivity contribution in [2.45, 2.75) is 59.4 Å². The Morgan fingerprint density at radius 1 is 1.14 bits per heavy atom. The lowest BCUT2D eigenvalue weighted by Crippen LogP contribution is -2.33. The molecule has 1 saturated carbocycles. The van der Waals surface area contributed by atoms with E-state index in [1.165, 1.54) is 41.3 Å². The first kappa shape index (κ1) is 17.0. The predicted molar refractivity (Wildman–Crippen MR) is 95.6 cm³/mol. The SMILES string of the molecule is CCCNC(c1cc(C)cc(Br)c1)C1CC(C)CC(C)C1. The Bertz CT molecular complexity index is 427. The van der Waals surface area contributed by atoms with E-state index in [1.54, 1.807) is 0 Å². The zero-order valence-electron chi connectivity index (χ0n) is 14.0. The molecule has 1 aliphatic rings. The quantitative estimate of drug-likeness (QED) is 0.699. The van der Waals surface area contributed by atoms with E-state index >= 15 is 0 Å². The molecule has 2 heteroatoms. The normalized spacial score (nSPS) is 27.6.